The Hall–Kier alpha value is -4.73. The number of pyridine rings is 2. The average Bonchev–Trinajstić information content (AvgIpc) is 3.14. The number of aliphatic hydroxyl groups is 1. The average molecular weight is 629 g/mol. The maximum atomic E-state index is 12.6. The van der Waals surface area contributed by atoms with E-state index in [2.05, 4.69) is 57.6 Å². The Labute approximate surface area is 276 Å². The van der Waals surface area contributed by atoms with Gasteiger partial charge in [-0.1, -0.05) is 66.7 Å². The molecule has 0 spiro atoms. The molecule has 0 bridgehead atoms. The van der Waals surface area contributed by atoms with Gasteiger partial charge < -0.3 is 24.8 Å². The first kappa shape index (κ1) is 32.2. The smallest absolute Gasteiger partial charge is 0.253 e. The van der Waals surface area contributed by atoms with Crippen LogP contribution in [-0.2, 0) is 29.0 Å². The molecular weight excluding hydrogens is 588 g/mol. The number of benzene rings is 3. The lowest BCUT2D eigenvalue weighted by atomic mass is 9.98. The highest BCUT2D eigenvalue weighted by Gasteiger charge is 2.33. The summed E-state index contributed by atoms with van der Waals surface area (Å²) in [7, 11) is 2.12. The number of hydrogen-bond donors (Lipinski definition) is 2. The third kappa shape index (κ3) is 8.75. The van der Waals surface area contributed by atoms with Crippen LogP contribution in [0.15, 0.2) is 122 Å². The summed E-state index contributed by atoms with van der Waals surface area (Å²) in [5.74, 6) is -0.158. The molecule has 0 saturated carbocycles. The van der Waals surface area contributed by atoms with Gasteiger partial charge in [0, 0.05) is 62.3 Å². The van der Waals surface area contributed by atoms with Gasteiger partial charge in [0.2, 0.25) is 0 Å². The van der Waals surface area contributed by atoms with E-state index in [-0.39, 0.29) is 24.7 Å². The molecule has 47 heavy (non-hydrogen) atoms. The first-order valence-electron chi connectivity index (χ1n) is 16.0. The zero-order valence-electron chi connectivity index (χ0n) is 26.5. The molecule has 1 fully saturated rings. The van der Waals surface area contributed by atoms with Gasteiger partial charge in [0.1, 0.15) is 0 Å². The van der Waals surface area contributed by atoms with Gasteiger partial charge in [0.05, 0.1) is 24.4 Å². The molecule has 1 aliphatic rings. The summed E-state index contributed by atoms with van der Waals surface area (Å²) in [5, 5.41) is 12.5. The van der Waals surface area contributed by atoms with Gasteiger partial charge in [-0.25, -0.2) is 0 Å². The van der Waals surface area contributed by atoms with Crippen LogP contribution in [0.5, 0.6) is 0 Å². The molecule has 1 saturated heterocycles. The Bertz CT molecular complexity index is 1730. The molecule has 0 aliphatic carbocycles. The lowest BCUT2D eigenvalue weighted by Gasteiger charge is -2.38. The fourth-order valence-corrected chi connectivity index (χ4v) is 5.83. The van der Waals surface area contributed by atoms with E-state index in [0.717, 1.165) is 65.0 Å². The normalized spacial score (nSPS) is 17.8. The maximum Gasteiger partial charge on any atom is 0.253 e. The van der Waals surface area contributed by atoms with E-state index in [0.29, 0.717) is 12.1 Å². The summed E-state index contributed by atoms with van der Waals surface area (Å²) in [6.07, 6.45) is 5.86. The molecule has 5 aromatic rings. The van der Waals surface area contributed by atoms with Gasteiger partial charge in [0.15, 0.2) is 6.29 Å². The zero-order valence-corrected chi connectivity index (χ0v) is 26.5. The maximum absolute atomic E-state index is 12.6. The number of aromatic nitrogens is 2. The number of carbonyl (C=O) groups excluding carboxylic acids is 1. The molecule has 2 aromatic heterocycles. The van der Waals surface area contributed by atoms with Crippen molar-refractivity contribution in [3.05, 3.63) is 155 Å². The molecular formula is C39H40N4O4. The van der Waals surface area contributed by atoms with E-state index < -0.39 is 6.29 Å². The van der Waals surface area contributed by atoms with Gasteiger partial charge in [-0.15, -0.1) is 0 Å². The minimum absolute atomic E-state index is 0.00605. The summed E-state index contributed by atoms with van der Waals surface area (Å²) < 4.78 is 13.3. The van der Waals surface area contributed by atoms with Crippen molar-refractivity contribution in [2.45, 2.75) is 44.5 Å². The van der Waals surface area contributed by atoms with Crippen LogP contribution >= 0.6 is 0 Å². The Morgan fingerprint density at radius 1 is 0.872 bits per heavy atom. The number of likely N-dealkylation sites (N-methyl/N-ethyl adjacent to an activating group) is 1. The van der Waals surface area contributed by atoms with E-state index in [1.807, 2.05) is 66.9 Å². The van der Waals surface area contributed by atoms with Crippen molar-refractivity contribution in [2.75, 3.05) is 20.1 Å². The van der Waals surface area contributed by atoms with Crippen molar-refractivity contribution in [1.82, 2.24) is 20.2 Å². The summed E-state index contributed by atoms with van der Waals surface area (Å²) >= 11 is 0. The first-order chi connectivity index (χ1) is 23.0. The van der Waals surface area contributed by atoms with Crippen LogP contribution < -0.4 is 5.32 Å². The van der Waals surface area contributed by atoms with Crippen molar-refractivity contribution < 1.29 is 19.4 Å². The van der Waals surface area contributed by atoms with Crippen LogP contribution in [0.25, 0.3) is 11.1 Å². The van der Waals surface area contributed by atoms with E-state index in [1.165, 1.54) is 0 Å². The predicted molar refractivity (Wildman–Crippen MR) is 181 cm³/mol. The molecule has 8 heteroatoms. The Morgan fingerprint density at radius 2 is 1.70 bits per heavy atom. The topological polar surface area (TPSA) is 96.8 Å². The third-order valence-corrected chi connectivity index (χ3v) is 8.40. The molecule has 8 nitrogen and oxygen atoms in total. The monoisotopic (exact) mass is 628 g/mol. The van der Waals surface area contributed by atoms with Gasteiger partial charge in [-0.3, -0.25) is 14.8 Å². The second-order valence-electron chi connectivity index (χ2n) is 11.9. The van der Waals surface area contributed by atoms with Crippen LogP contribution in [0.1, 0.15) is 57.1 Å². The summed E-state index contributed by atoms with van der Waals surface area (Å²) in [4.78, 5) is 23.3. The Kier molecular flexibility index (Phi) is 10.8. The van der Waals surface area contributed by atoms with E-state index in [9.17, 15) is 9.90 Å². The highest BCUT2D eigenvalue weighted by Crippen LogP contribution is 2.39. The Morgan fingerprint density at radius 3 is 2.47 bits per heavy atom. The fourth-order valence-electron chi connectivity index (χ4n) is 5.83. The number of carbonyl (C=O) groups is 1. The van der Waals surface area contributed by atoms with E-state index >= 15 is 0 Å². The molecule has 6 rings (SSSR count). The van der Waals surface area contributed by atoms with Crippen molar-refractivity contribution in [1.29, 1.82) is 0 Å². The third-order valence-electron chi connectivity index (χ3n) is 8.40. The minimum Gasteiger partial charge on any atom is -0.392 e. The molecule has 240 valence electrons. The molecule has 3 heterocycles. The lowest BCUT2D eigenvalue weighted by Crippen LogP contribution is -2.38. The molecule has 3 atom stereocenters. The molecule has 1 amide bonds. The summed E-state index contributed by atoms with van der Waals surface area (Å²) in [6, 6.07) is 33.9. The largest absolute Gasteiger partial charge is 0.392 e. The second-order valence-corrected chi connectivity index (χ2v) is 11.9. The fraction of sp³-hybridized carbons (Fsp3) is 0.256. The Balaban J connectivity index is 1.17. The zero-order chi connectivity index (χ0) is 32.4. The molecule has 1 aliphatic heterocycles. The van der Waals surface area contributed by atoms with Crippen LogP contribution in [0.2, 0.25) is 0 Å². The predicted octanol–water partition coefficient (Wildman–Crippen LogP) is 6.29. The van der Waals surface area contributed by atoms with Crippen molar-refractivity contribution in [3.8, 4) is 11.1 Å². The number of rotatable bonds is 12. The number of nitrogens with zero attached hydrogens (tertiary/aromatic N) is 3. The number of hydrogen-bond acceptors (Lipinski definition) is 7. The van der Waals surface area contributed by atoms with Gasteiger partial charge in [-0.05, 0) is 71.3 Å². The molecule has 0 radical (unpaired) electrons. The molecule has 3 unspecified atom stereocenters. The number of aliphatic hydroxyl groups excluding tert-OH is 1. The SMILES string of the molecule is CN(CCc1ccccn1)CC1CC(c2ccc(CO)cc2)OC(c2cccc(-c3cccc(CNC(=O)c4cccnc4)c3)c2)O1. The van der Waals surface area contributed by atoms with Crippen molar-refractivity contribution in [3.63, 3.8) is 0 Å². The highest BCUT2D eigenvalue weighted by molar-refractivity contribution is 5.93. The van der Waals surface area contributed by atoms with Gasteiger partial charge >= 0.3 is 0 Å². The van der Waals surface area contributed by atoms with Gasteiger partial charge in [0.25, 0.3) is 5.91 Å². The standard InChI is InChI=1S/C39H40N4O4/c1-43(20-17-35-12-2-3-19-41-35)26-36-23-37(30-15-13-28(27-44)14-16-30)47-39(46-36)33-10-5-9-32(22-33)31-8-4-7-29(21-31)24-42-38(45)34-11-6-18-40-25-34/h2-16,18-19,21-22,25,36-37,39,44H,17,20,23-24,26-27H2,1H3,(H,42,45). The minimum atomic E-state index is -0.553. The van der Waals surface area contributed by atoms with Crippen molar-refractivity contribution in [2.24, 2.45) is 0 Å². The second kappa shape index (κ2) is 15.7. The van der Waals surface area contributed by atoms with Crippen molar-refractivity contribution >= 4 is 5.91 Å². The number of nitrogens with one attached hydrogen (secondary N) is 1. The van der Waals surface area contributed by atoms with Crippen LogP contribution in [0, 0.1) is 0 Å². The van der Waals surface area contributed by atoms with Crippen LogP contribution in [0.3, 0.4) is 0 Å². The molecule has 3 aromatic carbocycles. The number of ether oxygens (including phenoxy) is 2. The van der Waals surface area contributed by atoms with Gasteiger partial charge in [-0.2, -0.15) is 0 Å². The first-order valence-corrected chi connectivity index (χ1v) is 16.0. The van der Waals surface area contributed by atoms with E-state index in [1.54, 1.807) is 24.5 Å². The quantitative estimate of drug-likeness (QED) is 0.168. The summed E-state index contributed by atoms with van der Waals surface area (Å²) in [6.45, 7) is 2.03. The molecule has 2 N–H and O–H groups in total. The van der Waals surface area contributed by atoms with Crippen LogP contribution in [0.4, 0.5) is 0 Å². The van der Waals surface area contributed by atoms with E-state index in [4.69, 9.17) is 9.47 Å². The number of amides is 1. The summed E-state index contributed by atoms with van der Waals surface area (Å²) in [5.41, 5.74) is 7.55. The van der Waals surface area contributed by atoms with Crippen LogP contribution in [-0.4, -0.2) is 52.1 Å². The lowest BCUT2D eigenvalue weighted by molar-refractivity contribution is -0.252. The highest BCUT2D eigenvalue weighted by atomic mass is 16.7.